The van der Waals surface area contributed by atoms with E-state index in [2.05, 4.69) is 15.6 Å². The van der Waals surface area contributed by atoms with Crippen molar-refractivity contribution in [3.8, 4) is 17.2 Å². The van der Waals surface area contributed by atoms with Crippen LogP contribution in [0.5, 0.6) is 17.2 Å². The highest BCUT2D eigenvalue weighted by atomic mass is 127. The van der Waals surface area contributed by atoms with Crippen LogP contribution >= 0.6 is 35.6 Å². The van der Waals surface area contributed by atoms with E-state index in [9.17, 15) is 0 Å². The number of ether oxygens (including phenoxy) is 3. The molecule has 0 heterocycles. The van der Waals surface area contributed by atoms with E-state index in [4.69, 9.17) is 25.8 Å². The van der Waals surface area contributed by atoms with Crippen LogP contribution in [-0.4, -0.2) is 40.4 Å². The minimum Gasteiger partial charge on any atom is -0.493 e. The van der Waals surface area contributed by atoms with Crippen LogP contribution in [0, 0.1) is 0 Å². The van der Waals surface area contributed by atoms with Gasteiger partial charge in [0.05, 0.1) is 27.9 Å². The van der Waals surface area contributed by atoms with E-state index < -0.39 is 0 Å². The Morgan fingerprint density at radius 1 is 0.931 bits per heavy atom. The van der Waals surface area contributed by atoms with Gasteiger partial charge in [-0.05, 0) is 48.7 Å². The number of methoxy groups -OCH3 is 3. The molecule has 0 fully saturated rings. The second kappa shape index (κ2) is 13.4. The molecule has 0 aliphatic heterocycles. The fraction of sp³-hybridized carbons (Fsp3) is 0.381. The molecule has 0 amide bonds. The second-order valence-corrected chi connectivity index (χ2v) is 6.47. The number of hydrogen-bond acceptors (Lipinski definition) is 4. The van der Waals surface area contributed by atoms with Gasteiger partial charge in [0.1, 0.15) is 0 Å². The molecule has 0 unspecified atom stereocenters. The van der Waals surface area contributed by atoms with Crippen molar-refractivity contribution in [2.75, 3.05) is 34.4 Å². The first-order valence-electron chi connectivity index (χ1n) is 9.16. The van der Waals surface area contributed by atoms with Crippen molar-refractivity contribution in [2.45, 2.75) is 19.9 Å². The Morgan fingerprint density at radius 2 is 1.55 bits per heavy atom. The second-order valence-electron chi connectivity index (χ2n) is 6.03. The molecule has 0 radical (unpaired) electrons. The quantitative estimate of drug-likeness (QED) is 0.286. The third kappa shape index (κ3) is 7.81. The predicted molar refractivity (Wildman–Crippen MR) is 129 cm³/mol. The van der Waals surface area contributed by atoms with Crippen molar-refractivity contribution in [3.63, 3.8) is 0 Å². The van der Waals surface area contributed by atoms with Crippen molar-refractivity contribution >= 4 is 41.5 Å². The van der Waals surface area contributed by atoms with Crippen molar-refractivity contribution < 1.29 is 14.2 Å². The van der Waals surface area contributed by atoms with Gasteiger partial charge in [-0.25, -0.2) is 4.99 Å². The van der Waals surface area contributed by atoms with E-state index >= 15 is 0 Å². The number of aliphatic imine (C=N–C) groups is 1. The van der Waals surface area contributed by atoms with Crippen molar-refractivity contribution in [1.82, 2.24) is 10.6 Å². The fourth-order valence-electron chi connectivity index (χ4n) is 2.72. The zero-order valence-electron chi connectivity index (χ0n) is 17.3. The van der Waals surface area contributed by atoms with Gasteiger partial charge in [0.2, 0.25) is 5.75 Å². The minimum atomic E-state index is 0. The summed E-state index contributed by atoms with van der Waals surface area (Å²) in [6.07, 6.45) is 0.881. The largest absolute Gasteiger partial charge is 0.493 e. The summed E-state index contributed by atoms with van der Waals surface area (Å²) in [6, 6.07) is 11.7. The van der Waals surface area contributed by atoms with Crippen LogP contribution in [0.25, 0.3) is 0 Å². The summed E-state index contributed by atoms with van der Waals surface area (Å²) in [6.45, 7) is 4.06. The maximum Gasteiger partial charge on any atom is 0.203 e. The molecule has 0 saturated carbocycles. The van der Waals surface area contributed by atoms with Crippen LogP contribution in [0.4, 0.5) is 0 Å². The molecule has 2 aromatic carbocycles. The number of nitrogens with one attached hydrogen (secondary N) is 2. The molecule has 2 rings (SSSR count). The molecule has 0 atom stereocenters. The molecule has 2 N–H and O–H groups in total. The lowest BCUT2D eigenvalue weighted by Gasteiger charge is -2.14. The summed E-state index contributed by atoms with van der Waals surface area (Å²) in [5.74, 6) is 2.57. The van der Waals surface area contributed by atoms with Crippen LogP contribution in [-0.2, 0) is 13.0 Å². The molecule has 0 spiro atoms. The first-order valence-corrected chi connectivity index (χ1v) is 9.54. The third-order valence-electron chi connectivity index (χ3n) is 4.11. The molecule has 29 heavy (non-hydrogen) atoms. The number of benzene rings is 2. The van der Waals surface area contributed by atoms with Crippen molar-refractivity contribution in [2.24, 2.45) is 4.99 Å². The van der Waals surface area contributed by atoms with E-state index in [-0.39, 0.29) is 24.0 Å². The molecular weight excluding hydrogens is 505 g/mol. The van der Waals surface area contributed by atoms with E-state index in [1.165, 1.54) is 5.56 Å². The highest BCUT2D eigenvalue weighted by molar-refractivity contribution is 14.0. The normalized spacial score (nSPS) is 10.7. The predicted octanol–water partition coefficient (Wildman–Crippen LogP) is 4.28. The molecule has 0 bridgehead atoms. The van der Waals surface area contributed by atoms with E-state index in [0.717, 1.165) is 36.1 Å². The number of nitrogens with zero attached hydrogens (tertiary/aromatic N) is 1. The number of hydrogen-bond donors (Lipinski definition) is 2. The van der Waals surface area contributed by atoms with Gasteiger partial charge in [-0.3, -0.25) is 0 Å². The highest BCUT2D eigenvalue weighted by Gasteiger charge is 2.13. The molecule has 0 saturated heterocycles. The van der Waals surface area contributed by atoms with Crippen LogP contribution < -0.4 is 24.8 Å². The third-order valence-corrected chi connectivity index (χ3v) is 4.36. The molecule has 6 nitrogen and oxygen atoms in total. The lowest BCUT2D eigenvalue weighted by molar-refractivity contribution is 0.324. The molecule has 160 valence electrons. The van der Waals surface area contributed by atoms with Crippen LogP contribution in [0.3, 0.4) is 0 Å². The lowest BCUT2D eigenvalue weighted by Crippen LogP contribution is -2.38. The average molecular weight is 534 g/mol. The van der Waals surface area contributed by atoms with Crippen LogP contribution in [0.1, 0.15) is 18.1 Å². The zero-order valence-corrected chi connectivity index (χ0v) is 20.3. The standard InChI is InChI=1S/C21H28ClN3O3.HI/c1-5-23-21(24-11-10-15-6-8-17(22)9-7-15)25-14-16-12-18(26-2)20(28-4)19(13-16)27-3;/h6-9,12-13H,5,10-11,14H2,1-4H3,(H2,23,24,25);1H. The van der Waals surface area contributed by atoms with Gasteiger partial charge in [0, 0.05) is 18.1 Å². The Balaban J connectivity index is 0.00000420. The molecule has 0 aliphatic rings. The molecule has 2 aromatic rings. The highest BCUT2D eigenvalue weighted by Crippen LogP contribution is 2.38. The van der Waals surface area contributed by atoms with Gasteiger partial charge >= 0.3 is 0 Å². The van der Waals surface area contributed by atoms with Gasteiger partial charge in [-0.2, -0.15) is 0 Å². The summed E-state index contributed by atoms with van der Waals surface area (Å²) in [7, 11) is 4.80. The molecule has 0 aromatic heterocycles. The Hall–Kier alpha value is -1.87. The van der Waals surface area contributed by atoms with Gasteiger partial charge in [0.25, 0.3) is 0 Å². The Kier molecular flexibility index (Phi) is 11.6. The maximum absolute atomic E-state index is 5.93. The Bertz CT molecular complexity index is 760. The maximum atomic E-state index is 5.93. The number of guanidine groups is 1. The molecule has 8 heteroatoms. The minimum absolute atomic E-state index is 0. The van der Waals surface area contributed by atoms with E-state index in [1.54, 1.807) is 21.3 Å². The Labute approximate surface area is 195 Å². The number of rotatable bonds is 9. The molecule has 0 aliphatic carbocycles. The van der Waals surface area contributed by atoms with Crippen molar-refractivity contribution in [1.29, 1.82) is 0 Å². The van der Waals surface area contributed by atoms with E-state index in [0.29, 0.717) is 23.8 Å². The topological polar surface area (TPSA) is 64.1 Å². The van der Waals surface area contributed by atoms with Gasteiger partial charge in [-0.15, -0.1) is 24.0 Å². The fourth-order valence-corrected chi connectivity index (χ4v) is 2.84. The van der Waals surface area contributed by atoms with Crippen LogP contribution in [0.2, 0.25) is 5.02 Å². The van der Waals surface area contributed by atoms with Crippen molar-refractivity contribution in [3.05, 3.63) is 52.5 Å². The SMILES string of the molecule is CCNC(=NCc1cc(OC)c(OC)c(OC)c1)NCCc1ccc(Cl)cc1.I. The van der Waals surface area contributed by atoms with Gasteiger partial charge in [-0.1, -0.05) is 23.7 Å². The summed E-state index contributed by atoms with van der Waals surface area (Å²) in [5, 5.41) is 7.36. The Morgan fingerprint density at radius 3 is 2.07 bits per heavy atom. The summed E-state index contributed by atoms with van der Waals surface area (Å²) in [4.78, 5) is 4.66. The number of halogens is 2. The van der Waals surface area contributed by atoms with E-state index in [1.807, 2.05) is 43.3 Å². The van der Waals surface area contributed by atoms with Crippen LogP contribution in [0.15, 0.2) is 41.4 Å². The van der Waals surface area contributed by atoms with Gasteiger partial charge < -0.3 is 24.8 Å². The summed E-state index contributed by atoms with van der Waals surface area (Å²) in [5.41, 5.74) is 2.18. The first kappa shape index (κ1) is 25.2. The lowest BCUT2D eigenvalue weighted by atomic mass is 10.1. The monoisotopic (exact) mass is 533 g/mol. The summed E-state index contributed by atoms with van der Waals surface area (Å²) >= 11 is 5.93. The van der Waals surface area contributed by atoms with Gasteiger partial charge in [0.15, 0.2) is 17.5 Å². The first-order chi connectivity index (χ1) is 13.6. The molecular formula is C21H29ClIN3O3. The zero-order chi connectivity index (χ0) is 20.4. The smallest absolute Gasteiger partial charge is 0.203 e. The average Bonchev–Trinajstić information content (AvgIpc) is 2.72. The summed E-state index contributed by atoms with van der Waals surface area (Å²) < 4.78 is 16.2.